The average Bonchev–Trinajstić information content (AvgIpc) is 2.68. The molecule has 2 aromatic carbocycles. The first-order chi connectivity index (χ1) is 13.6. The first kappa shape index (κ1) is 23.0. The van der Waals surface area contributed by atoms with Crippen molar-refractivity contribution in [1.29, 1.82) is 0 Å². The van der Waals surface area contributed by atoms with Gasteiger partial charge in [-0.1, -0.05) is 23.2 Å². The Morgan fingerprint density at radius 3 is 2.34 bits per heavy atom. The van der Waals surface area contributed by atoms with Crippen LogP contribution in [0.3, 0.4) is 0 Å². The number of esters is 1. The molecule has 11 heteroatoms. The second-order valence-electron chi connectivity index (χ2n) is 5.90. The van der Waals surface area contributed by atoms with Crippen LogP contribution in [0.15, 0.2) is 41.3 Å². The van der Waals surface area contributed by atoms with Gasteiger partial charge < -0.3 is 14.8 Å². The number of anilines is 1. The van der Waals surface area contributed by atoms with Crippen LogP contribution in [0.4, 0.5) is 5.69 Å². The molecule has 0 atom stereocenters. The van der Waals surface area contributed by atoms with Gasteiger partial charge in [0.2, 0.25) is 10.0 Å². The van der Waals surface area contributed by atoms with Crippen LogP contribution >= 0.6 is 23.2 Å². The summed E-state index contributed by atoms with van der Waals surface area (Å²) in [5, 5.41) is 2.92. The molecule has 156 valence electrons. The molecule has 0 aliphatic heterocycles. The normalized spacial score (nSPS) is 11.2. The molecular weight excluding hydrogens is 443 g/mol. The molecule has 0 fully saturated rings. The van der Waals surface area contributed by atoms with Crippen LogP contribution in [0.5, 0.6) is 5.75 Å². The quantitative estimate of drug-likeness (QED) is 0.636. The minimum atomic E-state index is -3.71. The summed E-state index contributed by atoms with van der Waals surface area (Å²) < 4.78 is 35.7. The lowest BCUT2D eigenvalue weighted by Crippen LogP contribution is -2.23. The van der Waals surface area contributed by atoms with E-state index in [1.165, 1.54) is 57.6 Å². The maximum Gasteiger partial charge on any atom is 0.338 e. The highest BCUT2D eigenvalue weighted by Crippen LogP contribution is 2.28. The molecule has 2 rings (SSSR count). The van der Waals surface area contributed by atoms with Gasteiger partial charge in [0, 0.05) is 14.1 Å². The van der Waals surface area contributed by atoms with E-state index in [2.05, 4.69) is 5.32 Å². The van der Waals surface area contributed by atoms with Crippen molar-refractivity contribution in [3.63, 3.8) is 0 Å². The molecule has 0 aliphatic rings. The molecule has 0 bridgehead atoms. The number of hydrogen-bond donors (Lipinski definition) is 1. The second kappa shape index (κ2) is 9.45. The van der Waals surface area contributed by atoms with Gasteiger partial charge in [0.05, 0.1) is 33.3 Å². The molecular formula is C18H18Cl2N2O6S. The van der Waals surface area contributed by atoms with E-state index in [1.54, 1.807) is 0 Å². The van der Waals surface area contributed by atoms with Crippen LogP contribution in [0.1, 0.15) is 10.4 Å². The lowest BCUT2D eigenvalue weighted by Gasteiger charge is -2.15. The van der Waals surface area contributed by atoms with Crippen molar-refractivity contribution in [2.75, 3.05) is 33.1 Å². The zero-order valence-electron chi connectivity index (χ0n) is 15.7. The molecule has 0 saturated carbocycles. The molecule has 1 amide bonds. The highest BCUT2D eigenvalue weighted by Gasteiger charge is 2.20. The summed E-state index contributed by atoms with van der Waals surface area (Å²) in [4.78, 5) is 24.2. The minimum Gasteiger partial charge on any atom is -0.495 e. The van der Waals surface area contributed by atoms with Crippen LogP contribution in [0.25, 0.3) is 0 Å². The van der Waals surface area contributed by atoms with Crippen molar-refractivity contribution in [3.05, 3.63) is 52.0 Å². The van der Waals surface area contributed by atoms with E-state index < -0.39 is 28.5 Å². The number of ether oxygens (including phenoxy) is 2. The van der Waals surface area contributed by atoms with Crippen molar-refractivity contribution in [1.82, 2.24) is 4.31 Å². The predicted molar refractivity (Wildman–Crippen MR) is 109 cm³/mol. The first-order valence-corrected chi connectivity index (χ1v) is 10.3. The van der Waals surface area contributed by atoms with E-state index in [4.69, 9.17) is 32.7 Å². The molecule has 0 aliphatic carbocycles. The number of sulfonamides is 1. The van der Waals surface area contributed by atoms with Gasteiger partial charge in [-0.2, -0.15) is 0 Å². The number of nitrogens with zero attached hydrogens (tertiary/aromatic N) is 1. The fraction of sp³-hybridized carbons (Fsp3) is 0.222. The van der Waals surface area contributed by atoms with Gasteiger partial charge in [-0.05, 0) is 36.4 Å². The molecule has 1 N–H and O–H groups in total. The highest BCUT2D eigenvalue weighted by atomic mass is 35.5. The smallest absolute Gasteiger partial charge is 0.338 e. The van der Waals surface area contributed by atoms with E-state index in [1.807, 2.05) is 0 Å². The molecule has 0 spiro atoms. The standard InChI is InChI=1S/C18H18Cl2N2O6S/c1-22(2)29(25,26)12-5-7-16(27-3)15(9-12)21-17(23)10-28-18(24)11-4-6-13(19)14(20)8-11/h4-9H,10H2,1-3H3,(H,21,23). The van der Waals surface area contributed by atoms with E-state index in [9.17, 15) is 18.0 Å². The van der Waals surface area contributed by atoms with Crippen molar-refractivity contribution in [3.8, 4) is 5.75 Å². The number of hydrogen-bond acceptors (Lipinski definition) is 6. The molecule has 0 unspecified atom stereocenters. The molecule has 8 nitrogen and oxygen atoms in total. The summed E-state index contributed by atoms with van der Waals surface area (Å²) in [5.74, 6) is -1.21. The van der Waals surface area contributed by atoms with E-state index in [-0.39, 0.29) is 31.9 Å². The summed E-state index contributed by atoms with van der Waals surface area (Å²) >= 11 is 11.6. The fourth-order valence-electron chi connectivity index (χ4n) is 2.18. The third-order valence-electron chi connectivity index (χ3n) is 3.71. The SMILES string of the molecule is COc1ccc(S(=O)(=O)N(C)C)cc1NC(=O)COC(=O)c1ccc(Cl)c(Cl)c1. The zero-order chi connectivity index (χ0) is 21.8. The zero-order valence-corrected chi connectivity index (χ0v) is 18.1. The van der Waals surface area contributed by atoms with Crippen molar-refractivity contribution >= 4 is 50.8 Å². The van der Waals surface area contributed by atoms with Gasteiger partial charge in [-0.15, -0.1) is 0 Å². The van der Waals surface area contributed by atoms with Gasteiger partial charge in [0.1, 0.15) is 5.75 Å². The Balaban J connectivity index is 2.11. The Kier molecular flexibility index (Phi) is 7.48. The van der Waals surface area contributed by atoms with E-state index in [0.29, 0.717) is 0 Å². The number of carbonyl (C=O) groups excluding carboxylic acids is 2. The van der Waals surface area contributed by atoms with Crippen LogP contribution in [0.2, 0.25) is 10.0 Å². The fourth-order valence-corrected chi connectivity index (χ4v) is 3.41. The molecule has 0 heterocycles. The Labute approximate surface area is 178 Å². The number of methoxy groups -OCH3 is 1. The lowest BCUT2D eigenvalue weighted by atomic mass is 10.2. The molecule has 0 saturated heterocycles. The number of carbonyl (C=O) groups is 2. The van der Waals surface area contributed by atoms with Crippen LogP contribution in [-0.2, 0) is 19.6 Å². The summed E-state index contributed by atoms with van der Waals surface area (Å²) in [6.45, 7) is -0.604. The van der Waals surface area contributed by atoms with Gasteiger partial charge in [-0.25, -0.2) is 17.5 Å². The van der Waals surface area contributed by atoms with Gasteiger partial charge in [-0.3, -0.25) is 4.79 Å². The monoisotopic (exact) mass is 460 g/mol. The van der Waals surface area contributed by atoms with Crippen LogP contribution < -0.4 is 10.1 Å². The van der Waals surface area contributed by atoms with Crippen molar-refractivity contribution < 1.29 is 27.5 Å². The van der Waals surface area contributed by atoms with E-state index in [0.717, 1.165) is 4.31 Å². The van der Waals surface area contributed by atoms with Crippen LogP contribution in [-0.4, -0.2) is 52.4 Å². The molecule has 0 aromatic heterocycles. The average molecular weight is 461 g/mol. The number of halogens is 2. The van der Waals surface area contributed by atoms with Gasteiger partial charge >= 0.3 is 5.97 Å². The Bertz CT molecular complexity index is 1040. The Hall–Kier alpha value is -2.33. The number of nitrogens with one attached hydrogen (secondary N) is 1. The summed E-state index contributed by atoms with van der Waals surface area (Å²) in [6, 6.07) is 8.19. The number of amides is 1. The maximum absolute atomic E-state index is 12.3. The van der Waals surface area contributed by atoms with Gasteiger partial charge in [0.15, 0.2) is 6.61 Å². The molecule has 0 radical (unpaired) electrons. The highest BCUT2D eigenvalue weighted by molar-refractivity contribution is 7.89. The maximum atomic E-state index is 12.3. The second-order valence-corrected chi connectivity index (χ2v) is 8.87. The molecule has 29 heavy (non-hydrogen) atoms. The largest absolute Gasteiger partial charge is 0.495 e. The first-order valence-electron chi connectivity index (χ1n) is 8.09. The van der Waals surface area contributed by atoms with Gasteiger partial charge in [0.25, 0.3) is 5.91 Å². The Morgan fingerprint density at radius 1 is 1.07 bits per heavy atom. The predicted octanol–water partition coefficient (Wildman–Crippen LogP) is 3.05. The minimum absolute atomic E-state index is 0.0357. The van der Waals surface area contributed by atoms with Crippen molar-refractivity contribution in [2.45, 2.75) is 4.90 Å². The Morgan fingerprint density at radius 2 is 1.76 bits per heavy atom. The van der Waals surface area contributed by atoms with Crippen molar-refractivity contribution in [2.24, 2.45) is 0 Å². The number of benzene rings is 2. The summed E-state index contributed by atoms with van der Waals surface area (Å²) in [5.41, 5.74) is 0.245. The third kappa shape index (κ3) is 5.60. The van der Waals surface area contributed by atoms with E-state index >= 15 is 0 Å². The summed E-state index contributed by atoms with van der Waals surface area (Å²) in [7, 11) is 0.437. The third-order valence-corrected chi connectivity index (χ3v) is 6.26. The molecule has 2 aromatic rings. The lowest BCUT2D eigenvalue weighted by molar-refractivity contribution is -0.119. The van der Waals surface area contributed by atoms with Crippen LogP contribution in [0, 0.1) is 0 Å². The topological polar surface area (TPSA) is 102 Å². The number of rotatable bonds is 7. The summed E-state index contributed by atoms with van der Waals surface area (Å²) in [6.07, 6.45) is 0.